The van der Waals surface area contributed by atoms with E-state index in [9.17, 15) is 4.79 Å². The van der Waals surface area contributed by atoms with Crippen molar-refractivity contribution >= 4 is 11.6 Å². The van der Waals surface area contributed by atoms with E-state index < -0.39 is 0 Å². The maximum absolute atomic E-state index is 11.8. The number of amides is 1. The van der Waals surface area contributed by atoms with Crippen LogP contribution in [0.5, 0.6) is 0 Å². The van der Waals surface area contributed by atoms with Crippen LogP contribution < -0.4 is 10.6 Å². The van der Waals surface area contributed by atoms with Crippen molar-refractivity contribution in [1.82, 2.24) is 10.3 Å². The fourth-order valence-corrected chi connectivity index (χ4v) is 1.74. The van der Waals surface area contributed by atoms with Crippen LogP contribution in [0.3, 0.4) is 0 Å². The predicted octanol–water partition coefficient (Wildman–Crippen LogP) is 2.37. The number of hydrogen-bond acceptors (Lipinski definition) is 3. The largest absolute Gasteiger partial charge is 0.376 e. The van der Waals surface area contributed by atoms with Crippen molar-refractivity contribution in [3.63, 3.8) is 0 Å². The summed E-state index contributed by atoms with van der Waals surface area (Å²) in [6.07, 6.45) is 1.72. The third-order valence-corrected chi connectivity index (χ3v) is 2.74. The van der Waals surface area contributed by atoms with Crippen LogP contribution in [0.25, 0.3) is 0 Å². The third kappa shape index (κ3) is 4.10. The average molecular weight is 255 g/mol. The molecule has 0 bridgehead atoms. The van der Waals surface area contributed by atoms with Crippen LogP contribution in [0.4, 0.5) is 5.69 Å². The Morgan fingerprint density at radius 3 is 2.58 bits per heavy atom. The first-order chi connectivity index (χ1) is 9.25. The van der Waals surface area contributed by atoms with Crippen LogP contribution in [0.1, 0.15) is 18.7 Å². The molecule has 0 radical (unpaired) electrons. The molecule has 4 heteroatoms. The summed E-state index contributed by atoms with van der Waals surface area (Å²) in [5, 5.41) is 5.97. The Balaban J connectivity index is 1.82. The van der Waals surface area contributed by atoms with Gasteiger partial charge in [0, 0.05) is 11.9 Å². The minimum atomic E-state index is -0.0914. The third-order valence-electron chi connectivity index (χ3n) is 2.74. The molecule has 1 amide bonds. The fraction of sp³-hybridized carbons (Fsp3) is 0.200. The van der Waals surface area contributed by atoms with Gasteiger partial charge in [-0.2, -0.15) is 0 Å². The van der Waals surface area contributed by atoms with E-state index in [-0.39, 0.29) is 18.5 Å². The maximum Gasteiger partial charge on any atom is 0.239 e. The molecule has 2 rings (SSSR count). The summed E-state index contributed by atoms with van der Waals surface area (Å²) in [6, 6.07) is 15.2. The Bertz CT molecular complexity index is 513. The Labute approximate surface area is 112 Å². The van der Waals surface area contributed by atoms with E-state index in [4.69, 9.17) is 0 Å². The van der Waals surface area contributed by atoms with Gasteiger partial charge in [0.2, 0.25) is 5.91 Å². The van der Waals surface area contributed by atoms with Crippen LogP contribution in [0.2, 0.25) is 0 Å². The van der Waals surface area contributed by atoms with Crippen LogP contribution in [0.15, 0.2) is 54.7 Å². The molecule has 0 saturated heterocycles. The van der Waals surface area contributed by atoms with E-state index in [0.29, 0.717) is 0 Å². The van der Waals surface area contributed by atoms with Gasteiger partial charge in [-0.25, -0.2) is 0 Å². The zero-order valence-electron chi connectivity index (χ0n) is 10.8. The molecule has 0 aliphatic carbocycles. The maximum atomic E-state index is 11.8. The first-order valence-corrected chi connectivity index (χ1v) is 6.25. The van der Waals surface area contributed by atoms with E-state index in [0.717, 1.165) is 11.4 Å². The molecule has 1 atom stereocenters. The Hall–Kier alpha value is -2.36. The topological polar surface area (TPSA) is 54.0 Å². The lowest BCUT2D eigenvalue weighted by Crippen LogP contribution is -2.32. The van der Waals surface area contributed by atoms with Gasteiger partial charge in [-0.15, -0.1) is 0 Å². The van der Waals surface area contributed by atoms with Gasteiger partial charge in [0.25, 0.3) is 0 Å². The first kappa shape index (κ1) is 13.1. The summed E-state index contributed by atoms with van der Waals surface area (Å²) < 4.78 is 0. The molecule has 19 heavy (non-hydrogen) atoms. The van der Waals surface area contributed by atoms with E-state index in [1.165, 1.54) is 0 Å². The van der Waals surface area contributed by atoms with Crippen molar-refractivity contribution in [2.24, 2.45) is 0 Å². The minimum Gasteiger partial charge on any atom is -0.376 e. The molecule has 0 spiro atoms. The fourth-order valence-electron chi connectivity index (χ4n) is 1.74. The summed E-state index contributed by atoms with van der Waals surface area (Å²) >= 11 is 0. The van der Waals surface area contributed by atoms with E-state index in [2.05, 4.69) is 15.6 Å². The normalized spacial score (nSPS) is 11.6. The van der Waals surface area contributed by atoms with E-state index in [1.807, 2.05) is 55.5 Å². The highest BCUT2D eigenvalue weighted by atomic mass is 16.1. The van der Waals surface area contributed by atoms with E-state index >= 15 is 0 Å². The summed E-state index contributed by atoms with van der Waals surface area (Å²) in [7, 11) is 0. The van der Waals surface area contributed by atoms with Gasteiger partial charge in [-0.1, -0.05) is 24.3 Å². The zero-order valence-corrected chi connectivity index (χ0v) is 10.8. The number of anilines is 1. The number of carbonyl (C=O) groups excluding carboxylic acids is 1. The van der Waals surface area contributed by atoms with Crippen molar-refractivity contribution in [1.29, 1.82) is 0 Å². The van der Waals surface area contributed by atoms with Crippen molar-refractivity contribution in [3.05, 3.63) is 60.4 Å². The van der Waals surface area contributed by atoms with Crippen LogP contribution in [-0.2, 0) is 4.79 Å². The predicted molar refractivity (Wildman–Crippen MR) is 75.7 cm³/mol. The first-order valence-electron chi connectivity index (χ1n) is 6.25. The number of nitrogens with one attached hydrogen (secondary N) is 2. The molecule has 0 unspecified atom stereocenters. The highest BCUT2D eigenvalue weighted by molar-refractivity contribution is 5.81. The molecule has 0 fully saturated rings. The molecule has 0 saturated carbocycles. The van der Waals surface area contributed by atoms with Gasteiger partial charge in [0.05, 0.1) is 18.3 Å². The molecule has 2 N–H and O–H groups in total. The molecule has 0 aliphatic rings. The lowest BCUT2D eigenvalue weighted by atomic mass is 10.2. The number of carbonyl (C=O) groups is 1. The van der Waals surface area contributed by atoms with Crippen LogP contribution in [0, 0.1) is 0 Å². The molecule has 1 heterocycles. The summed E-state index contributed by atoms with van der Waals surface area (Å²) in [6.45, 7) is 2.17. The van der Waals surface area contributed by atoms with Crippen molar-refractivity contribution < 1.29 is 4.79 Å². The molecule has 98 valence electrons. The van der Waals surface area contributed by atoms with Crippen LogP contribution >= 0.6 is 0 Å². The highest BCUT2D eigenvalue weighted by Crippen LogP contribution is 2.08. The van der Waals surface area contributed by atoms with Crippen molar-refractivity contribution in [3.8, 4) is 0 Å². The van der Waals surface area contributed by atoms with Gasteiger partial charge >= 0.3 is 0 Å². The zero-order chi connectivity index (χ0) is 13.5. The van der Waals surface area contributed by atoms with Crippen LogP contribution in [-0.4, -0.2) is 17.4 Å². The second-order valence-electron chi connectivity index (χ2n) is 4.26. The molecule has 1 aromatic heterocycles. The number of aromatic nitrogens is 1. The number of pyridine rings is 1. The quantitative estimate of drug-likeness (QED) is 0.862. The molecular formula is C15H17N3O. The number of hydrogen-bond donors (Lipinski definition) is 2. The lowest BCUT2D eigenvalue weighted by Gasteiger charge is -2.14. The Kier molecular flexibility index (Phi) is 4.50. The van der Waals surface area contributed by atoms with Gasteiger partial charge < -0.3 is 10.6 Å². The number of benzene rings is 1. The summed E-state index contributed by atoms with van der Waals surface area (Å²) in [4.78, 5) is 16.0. The number of para-hydroxylation sites is 1. The second-order valence-corrected chi connectivity index (χ2v) is 4.26. The molecule has 1 aromatic carbocycles. The second kappa shape index (κ2) is 6.54. The number of nitrogens with zero attached hydrogens (tertiary/aromatic N) is 1. The smallest absolute Gasteiger partial charge is 0.239 e. The van der Waals surface area contributed by atoms with E-state index in [1.54, 1.807) is 6.20 Å². The highest BCUT2D eigenvalue weighted by Gasteiger charge is 2.09. The average Bonchev–Trinajstić information content (AvgIpc) is 2.47. The molecule has 2 aromatic rings. The van der Waals surface area contributed by atoms with Gasteiger partial charge in [-0.3, -0.25) is 9.78 Å². The number of rotatable bonds is 5. The van der Waals surface area contributed by atoms with Gasteiger partial charge in [0.15, 0.2) is 0 Å². The minimum absolute atomic E-state index is 0.0537. The Morgan fingerprint density at radius 2 is 1.89 bits per heavy atom. The summed E-state index contributed by atoms with van der Waals surface area (Å²) in [5.74, 6) is -0.0537. The Morgan fingerprint density at radius 1 is 1.16 bits per heavy atom. The van der Waals surface area contributed by atoms with Crippen molar-refractivity contribution in [2.75, 3.05) is 11.9 Å². The molecule has 0 aliphatic heterocycles. The summed E-state index contributed by atoms with van der Waals surface area (Å²) in [5.41, 5.74) is 1.79. The van der Waals surface area contributed by atoms with Gasteiger partial charge in [0.1, 0.15) is 0 Å². The molecule has 4 nitrogen and oxygen atoms in total. The molecular weight excluding hydrogens is 238 g/mol. The standard InChI is InChI=1S/C15H17N3O/c1-12(14-9-5-6-10-16-14)18-15(19)11-17-13-7-3-2-4-8-13/h2-10,12,17H,11H2,1H3,(H,18,19)/t12-/m0/s1. The van der Waals surface area contributed by atoms with Crippen molar-refractivity contribution in [2.45, 2.75) is 13.0 Å². The monoisotopic (exact) mass is 255 g/mol. The lowest BCUT2D eigenvalue weighted by molar-refractivity contribution is -0.120. The van der Waals surface area contributed by atoms with Gasteiger partial charge in [-0.05, 0) is 31.2 Å². The SMILES string of the molecule is C[C@H](NC(=O)CNc1ccccc1)c1ccccn1.